The fraction of sp³-hybridized carbons (Fsp3) is 0.174. The molecule has 1 aromatic heterocycles. The number of carbonyl (C=O) groups excluding carboxylic acids is 3. The van der Waals surface area contributed by atoms with E-state index in [2.05, 4.69) is 10.6 Å². The highest BCUT2D eigenvalue weighted by molar-refractivity contribution is 6.30. The van der Waals surface area contributed by atoms with Gasteiger partial charge in [0.2, 0.25) is 5.91 Å². The van der Waals surface area contributed by atoms with Crippen molar-refractivity contribution in [3.63, 3.8) is 0 Å². The predicted molar refractivity (Wildman–Crippen MR) is 115 cm³/mol. The van der Waals surface area contributed by atoms with Crippen LogP contribution in [0.1, 0.15) is 18.2 Å². The number of nitrogens with zero attached hydrogens (tertiary/aromatic N) is 1. The molecule has 7 nitrogen and oxygen atoms in total. The fourth-order valence-corrected chi connectivity index (χ4v) is 3.60. The first-order valence-corrected chi connectivity index (χ1v) is 10.3. The van der Waals surface area contributed by atoms with Crippen LogP contribution in [0.25, 0.3) is 11.3 Å². The highest BCUT2D eigenvalue weighted by Gasteiger charge is 2.49. The van der Waals surface area contributed by atoms with Gasteiger partial charge in [0.05, 0.1) is 6.54 Å². The van der Waals surface area contributed by atoms with E-state index < -0.39 is 41.6 Å². The van der Waals surface area contributed by atoms with E-state index in [1.54, 1.807) is 36.4 Å². The van der Waals surface area contributed by atoms with Gasteiger partial charge in [-0.3, -0.25) is 14.5 Å². The van der Waals surface area contributed by atoms with Gasteiger partial charge in [0.1, 0.15) is 23.6 Å². The number of furan rings is 1. The molecule has 3 aromatic rings. The van der Waals surface area contributed by atoms with Gasteiger partial charge in [-0.2, -0.15) is 0 Å². The van der Waals surface area contributed by atoms with Gasteiger partial charge in [-0.25, -0.2) is 13.6 Å². The zero-order valence-electron chi connectivity index (χ0n) is 17.3. The number of amides is 4. The first kappa shape index (κ1) is 22.5. The van der Waals surface area contributed by atoms with E-state index in [0.29, 0.717) is 16.5 Å². The van der Waals surface area contributed by atoms with E-state index >= 15 is 0 Å². The van der Waals surface area contributed by atoms with E-state index in [9.17, 15) is 23.2 Å². The number of benzene rings is 2. The normalized spacial score (nSPS) is 17.9. The van der Waals surface area contributed by atoms with Crippen LogP contribution >= 0.6 is 11.6 Å². The van der Waals surface area contributed by atoms with E-state index in [4.69, 9.17) is 16.0 Å². The molecule has 1 saturated heterocycles. The van der Waals surface area contributed by atoms with E-state index in [-0.39, 0.29) is 12.1 Å². The highest BCUT2D eigenvalue weighted by atomic mass is 35.5. The third kappa shape index (κ3) is 4.45. The van der Waals surface area contributed by atoms with Crippen LogP contribution < -0.4 is 10.6 Å². The molecule has 4 amide bonds. The quantitative estimate of drug-likeness (QED) is 0.530. The highest BCUT2D eigenvalue weighted by Crippen LogP contribution is 2.29. The van der Waals surface area contributed by atoms with Crippen molar-refractivity contribution in [2.45, 2.75) is 19.0 Å². The summed E-state index contributed by atoms with van der Waals surface area (Å²) in [4.78, 5) is 38.3. The number of hydrogen-bond acceptors (Lipinski definition) is 4. The SMILES string of the molecule is CC1(c2ccc(F)c(F)c2)NC(=O)N(CC(=O)NCc2ccc(-c3ccc(Cl)cc3)o2)C1=O. The van der Waals surface area contributed by atoms with Crippen LogP contribution in [0.15, 0.2) is 59.0 Å². The molecule has 0 spiro atoms. The van der Waals surface area contributed by atoms with Gasteiger partial charge < -0.3 is 15.1 Å². The molecule has 2 N–H and O–H groups in total. The molecule has 1 aliphatic heterocycles. The van der Waals surface area contributed by atoms with Gasteiger partial charge in [-0.05, 0) is 61.0 Å². The minimum absolute atomic E-state index is 0.0382. The van der Waals surface area contributed by atoms with Crippen LogP contribution in [-0.2, 0) is 21.7 Å². The molecule has 1 unspecified atom stereocenters. The van der Waals surface area contributed by atoms with Crippen LogP contribution in [0.5, 0.6) is 0 Å². The van der Waals surface area contributed by atoms with Gasteiger partial charge in [0.25, 0.3) is 5.91 Å². The Morgan fingerprint density at radius 1 is 1.09 bits per heavy atom. The number of urea groups is 1. The Kier molecular flexibility index (Phi) is 5.90. The van der Waals surface area contributed by atoms with Crippen molar-refractivity contribution in [3.05, 3.63) is 82.6 Å². The molecule has 170 valence electrons. The zero-order valence-corrected chi connectivity index (χ0v) is 18.1. The number of hydrogen-bond donors (Lipinski definition) is 2. The Labute approximate surface area is 192 Å². The molecule has 1 aliphatic rings. The third-order valence-electron chi connectivity index (χ3n) is 5.32. The number of nitrogens with one attached hydrogen (secondary N) is 2. The van der Waals surface area contributed by atoms with Crippen molar-refractivity contribution in [2.24, 2.45) is 0 Å². The van der Waals surface area contributed by atoms with E-state index in [1.807, 2.05) is 0 Å². The molecule has 4 rings (SSSR count). The Hall–Kier alpha value is -3.72. The van der Waals surface area contributed by atoms with Crippen LogP contribution in [0, 0.1) is 11.6 Å². The van der Waals surface area contributed by atoms with Gasteiger partial charge in [0, 0.05) is 10.6 Å². The summed E-state index contributed by atoms with van der Waals surface area (Å²) < 4.78 is 32.6. The van der Waals surface area contributed by atoms with Crippen molar-refractivity contribution in [2.75, 3.05) is 6.54 Å². The maximum absolute atomic E-state index is 13.6. The molecule has 0 saturated carbocycles. The second kappa shape index (κ2) is 8.67. The topological polar surface area (TPSA) is 91.7 Å². The number of halogens is 3. The Morgan fingerprint density at radius 3 is 2.52 bits per heavy atom. The Balaban J connectivity index is 1.38. The van der Waals surface area contributed by atoms with Crippen LogP contribution in [-0.4, -0.2) is 29.3 Å². The molecule has 0 aliphatic carbocycles. The summed E-state index contributed by atoms with van der Waals surface area (Å²) in [5.41, 5.74) is -0.749. The van der Waals surface area contributed by atoms with Gasteiger partial charge in [-0.1, -0.05) is 17.7 Å². The van der Waals surface area contributed by atoms with Gasteiger partial charge >= 0.3 is 6.03 Å². The molecule has 1 atom stereocenters. The molecule has 2 aromatic carbocycles. The summed E-state index contributed by atoms with van der Waals surface area (Å²) >= 11 is 5.88. The number of imide groups is 1. The molecule has 10 heteroatoms. The lowest BCUT2D eigenvalue weighted by Gasteiger charge is -2.22. The van der Waals surface area contributed by atoms with E-state index in [1.165, 1.54) is 13.0 Å². The lowest BCUT2D eigenvalue weighted by molar-refractivity contribution is -0.134. The Bertz CT molecular complexity index is 1240. The van der Waals surface area contributed by atoms with Crippen molar-refractivity contribution >= 4 is 29.4 Å². The van der Waals surface area contributed by atoms with Crippen LogP contribution in [0.4, 0.5) is 13.6 Å². The number of rotatable bonds is 6. The summed E-state index contributed by atoms with van der Waals surface area (Å²) in [7, 11) is 0. The minimum Gasteiger partial charge on any atom is -0.459 e. The lowest BCUT2D eigenvalue weighted by atomic mass is 9.92. The summed E-state index contributed by atoms with van der Waals surface area (Å²) in [6.07, 6.45) is 0. The van der Waals surface area contributed by atoms with Crippen molar-refractivity contribution < 1.29 is 27.6 Å². The maximum Gasteiger partial charge on any atom is 0.325 e. The first-order valence-electron chi connectivity index (χ1n) is 9.88. The summed E-state index contributed by atoms with van der Waals surface area (Å²) in [6, 6.07) is 12.6. The zero-order chi connectivity index (χ0) is 23.8. The fourth-order valence-electron chi connectivity index (χ4n) is 3.47. The molecular formula is C23H18ClF2N3O4. The number of carbonyl (C=O) groups is 3. The Morgan fingerprint density at radius 2 is 1.82 bits per heavy atom. The van der Waals surface area contributed by atoms with Gasteiger partial charge in [-0.15, -0.1) is 0 Å². The van der Waals surface area contributed by atoms with Crippen LogP contribution in [0.3, 0.4) is 0 Å². The summed E-state index contributed by atoms with van der Waals surface area (Å²) in [6.45, 7) is 0.851. The largest absolute Gasteiger partial charge is 0.459 e. The molecule has 33 heavy (non-hydrogen) atoms. The predicted octanol–water partition coefficient (Wildman–Crippen LogP) is 3.96. The monoisotopic (exact) mass is 473 g/mol. The van der Waals surface area contributed by atoms with Crippen molar-refractivity contribution in [1.29, 1.82) is 0 Å². The molecule has 1 fully saturated rings. The van der Waals surface area contributed by atoms with Gasteiger partial charge in [0.15, 0.2) is 11.6 Å². The van der Waals surface area contributed by atoms with Crippen LogP contribution in [0.2, 0.25) is 5.02 Å². The average molecular weight is 474 g/mol. The summed E-state index contributed by atoms with van der Waals surface area (Å²) in [5.74, 6) is -2.52. The first-order chi connectivity index (χ1) is 15.7. The van der Waals surface area contributed by atoms with E-state index in [0.717, 1.165) is 22.6 Å². The third-order valence-corrected chi connectivity index (χ3v) is 5.58. The molecule has 0 radical (unpaired) electrons. The second-order valence-electron chi connectivity index (χ2n) is 7.62. The maximum atomic E-state index is 13.6. The smallest absolute Gasteiger partial charge is 0.325 e. The average Bonchev–Trinajstić information content (AvgIpc) is 3.34. The molecule has 0 bridgehead atoms. The van der Waals surface area contributed by atoms with Crippen molar-refractivity contribution in [1.82, 2.24) is 15.5 Å². The van der Waals surface area contributed by atoms with Crippen molar-refractivity contribution in [3.8, 4) is 11.3 Å². The molecular weight excluding hydrogens is 456 g/mol. The second-order valence-corrected chi connectivity index (χ2v) is 8.06. The lowest BCUT2D eigenvalue weighted by Crippen LogP contribution is -2.43. The molecule has 2 heterocycles. The summed E-state index contributed by atoms with van der Waals surface area (Å²) in [5, 5.41) is 5.62. The minimum atomic E-state index is -1.62. The standard InChI is InChI=1S/C23H18ClF2N3O4/c1-23(14-4-8-17(25)18(26)10-14)21(31)29(22(32)28-23)12-20(30)27-11-16-7-9-19(33-16)13-2-5-15(24)6-3-13/h2-10H,11-12H2,1H3,(H,27,30)(H,28,32).